The van der Waals surface area contributed by atoms with E-state index in [2.05, 4.69) is 15.1 Å². The van der Waals surface area contributed by atoms with Gasteiger partial charge in [0.15, 0.2) is 0 Å². The van der Waals surface area contributed by atoms with Crippen molar-refractivity contribution in [1.29, 1.82) is 0 Å². The molecule has 0 bridgehead atoms. The summed E-state index contributed by atoms with van der Waals surface area (Å²) in [5.74, 6) is -2.79. The fourth-order valence-corrected chi connectivity index (χ4v) is 1.70. The number of anilines is 1. The highest BCUT2D eigenvalue weighted by Crippen LogP contribution is 2.16. The number of amides is 1. The lowest BCUT2D eigenvalue weighted by Gasteiger charge is -2.03. The molecule has 10 heteroatoms. The summed E-state index contributed by atoms with van der Waals surface area (Å²) < 4.78 is 37.2. The minimum absolute atomic E-state index is 0.109. The van der Waals surface area contributed by atoms with Crippen LogP contribution >= 0.6 is 0 Å². The topological polar surface area (TPSA) is 92.2 Å². The van der Waals surface area contributed by atoms with Crippen LogP contribution in [0.4, 0.5) is 19.1 Å². The van der Waals surface area contributed by atoms with Crippen LogP contribution in [-0.4, -0.2) is 31.7 Å². The molecule has 0 radical (unpaired) electrons. The maximum atomic E-state index is 12.1. The minimum Gasteiger partial charge on any atom is -0.287 e. The third kappa shape index (κ3) is 2.36. The highest BCUT2D eigenvalue weighted by atomic mass is 19.4. The van der Waals surface area contributed by atoms with Crippen molar-refractivity contribution in [3.05, 3.63) is 21.6 Å². The zero-order valence-electron chi connectivity index (χ0n) is 10.5. The molecular formula is C10H10F3N5O2. The van der Waals surface area contributed by atoms with Gasteiger partial charge in [0.1, 0.15) is 0 Å². The number of halogens is 3. The van der Waals surface area contributed by atoms with Gasteiger partial charge < -0.3 is 0 Å². The van der Waals surface area contributed by atoms with Crippen molar-refractivity contribution in [2.45, 2.75) is 26.4 Å². The summed E-state index contributed by atoms with van der Waals surface area (Å²) in [5.41, 5.74) is 0.396. The molecule has 0 aliphatic heterocycles. The molecule has 108 valence electrons. The number of fused-ring (bicyclic) bond motifs is 1. The van der Waals surface area contributed by atoms with Gasteiger partial charge in [-0.25, -0.2) is 4.98 Å². The number of alkyl halides is 3. The Balaban J connectivity index is 2.47. The zero-order valence-corrected chi connectivity index (χ0v) is 10.5. The number of H-pyrrole nitrogens is 1. The number of hydrogen-bond acceptors (Lipinski definition) is 4. The Morgan fingerprint density at radius 2 is 2.05 bits per heavy atom. The first-order chi connectivity index (χ1) is 9.24. The Bertz CT molecular complexity index is 731. The molecule has 0 aliphatic carbocycles. The normalized spacial score (nSPS) is 11.8. The molecule has 0 saturated carbocycles. The van der Waals surface area contributed by atoms with Crippen molar-refractivity contribution in [2.24, 2.45) is 0 Å². The third-order valence-electron chi connectivity index (χ3n) is 2.64. The van der Waals surface area contributed by atoms with E-state index in [1.54, 1.807) is 13.8 Å². The number of hydrogen-bond donors (Lipinski definition) is 2. The Kier molecular flexibility index (Phi) is 3.24. The Hall–Kier alpha value is -2.39. The summed E-state index contributed by atoms with van der Waals surface area (Å²) in [7, 11) is 0. The SMILES string of the molecule is CCc1c(C)nc2nc(NC(=O)C(F)(F)F)[nH]n2c1=O. The predicted molar refractivity (Wildman–Crippen MR) is 62.4 cm³/mol. The van der Waals surface area contributed by atoms with Crippen LogP contribution < -0.4 is 10.9 Å². The first kappa shape index (κ1) is 14.0. The summed E-state index contributed by atoms with van der Waals surface area (Å²) in [6.45, 7) is 3.35. The van der Waals surface area contributed by atoms with Crippen LogP contribution in [0.1, 0.15) is 18.2 Å². The molecule has 0 unspecified atom stereocenters. The molecule has 0 aliphatic rings. The van der Waals surface area contributed by atoms with Crippen molar-refractivity contribution in [2.75, 3.05) is 5.32 Å². The van der Waals surface area contributed by atoms with Gasteiger partial charge in [-0.3, -0.25) is 20.0 Å². The molecule has 0 fully saturated rings. The molecule has 20 heavy (non-hydrogen) atoms. The van der Waals surface area contributed by atoms with Crippen LogP contribution in [0.15, 0.2) is 4.79 Å². The number of nitrogens with one attached hydrogen (secondary N) is 2. The summed E-state index contributed by atoms with van der Waals surface area (Å²) in [6, 6.07) is 0. The van der Waals surface area contributed by atoms with Gasteiger partial charge in [0.2, 0.25) is 5.95 Å². The van der Waals surface area contributed by atoms with Crippen molar-refractivity contribution in [3.63, 3.8) is 0 Å². The summed E-state index contributed by atoms with van der Waals surface area (Å²) >= 11 is 0. The van der Waals surface area contributed by atoms with E-state index in [0.29, 0.717) is 17.7 Å². The van der Waals surface area contributed by atoms with Gasteiger partial charge in [0, 0.05) is 5.56 Å². The molecule has 1 amide bonds. The minimum atomic E-state index is -5.04. The second kappa shape index (κ2) is 4.62. The van der Waals surface area contributed by atoms with E-state index in [9.17, 15) is 22.8 Å². The van der Waals surface area contributed by atoms with Crippen LogP contribution in [-0.2, 0) is 11.2 Å². The van der Waals surface area contributed by atoms with Crippen molar-refractivity contribution >= 4 is 17.6 Å². The van der Waals surface area contributed by atoms with Crippen LogP contribution in [0.3, 0.4) is 0 Å². The highest BCUT2D eigenvalue weighted by Gasteiger charge is 2.39. The van der Waals surface area contributed by atoms with Gasteiger partial charge in [0.25, 0.3) is 11.3 Å². The molecule has 0 atom stereocenters. The number of nitrogens with zero attached hydrogens (tertiary/aromatic N) is 3. The molecular weight excluding hydrogens is 279 g/mol. The first-order valence-electron chi connectivity index (χ1n) is 5.60. The van der Waals surface area contributed by atoms with Gasteiger partial charge >= 0.3 is 12.1 Å². The number of carbonyl (C=O) groups excluding carboxylic acids is 1. The first-order valence-corrected chi connectivity index (χ1v) is 5.60. The largest absolute Gasteiger partial charge is 0.471 e. The highest BCUT2D eigenvalue weighted by molar-refractivity contribution is 5.93. The van der Waals surface area contributed by atoms with Gasteiger partial charge in [0.05, 0.1) is 5.69 Å². The number of aryl methyl sites for hydroxylation is 1. The summed E-state index contributed by atoms with van der Waals surface area (Å²) in [5, 5.41) is 3.79. The molecule has 0 saturated heterocycles. The summed E-state index contributed by atoms with van der Waals surface area (Å²) in [4.78, 5) is 30.4. The molecule has 2 heterocycles. The average molecular weight is 289 g/mol. The second-order valence-electron chi connectivity index (χ2n) is 3.99. The molecule has 2 aromatic heterocycles. The molecule has 0 aromatic carbocycles. The lowest BCUT2D eigenvalue weighted by Crippen LogP contribution is -2.30. The van der Waals surface area contributed by atoms with E-state index in [0.717, 1.165) is 4.52 Å². The molecule has 2 rings (SSSR count). The Morgan fingerprint density at radius 1 is 1.40 bits per heavy atom. The van der Waals surface area contributed by atoms with Gasteiger partial charge in [-0.2, -0.15) is 22.7 Å². The van der Waals surface area contributed by atoms with Crippen molar-refractivity contribution in [1.82, 2.24) is 19.6 Å². The average Bonchev–Trinajstić information content (AvgIpc) is 2.71. The van der Waals surface area contributed by atoms with Crippen LogP contribution in [0.25, 0.3) is 5.78 Å². The predicted octanol–water partition coefficient (Wildman–Crippen LogP) is 0.789. The molecule has 2 N–H and O–H groups in total. The lowest BCUT2D eigenvalue weighted by atomic mass is 10.2. The lowest BCUT2D eigenvalue weighted by molar-refractivity contribution is -0.167. The Labute approximate surface area is 109 Å². The maximum absolute atomic E-state index is 12.1. The molecule has 0 spiro atoms. The van der Waals surface area contributed by atoms with E-state index in [-0.39, 0.29) is 5.78 Å². The number of carbonyl (C=O) groups is 1. The van der Waals surface area contributed by atoms with Gasteiger partial charge in [-0.15, -0.1) is 0 Å². The van der Waals surface area contributed by atoms with E-state index >= 15 is 0 Å². The van der Waals surface area contributed by atoms with Crippen molar-refractivity contribution in [3.8, 4) is 0 Å². The smallest absolute Gasteiger partial charge is 0.287 e. The monoisotopic (exact) mass is 289 g/mol. The van der Waals surface area contributed by atoms with Crippen LogP contribution in [0, 0.1) is 6.92 Å². The fraction of sp³-hybridized carbons (Fsp3) is 0.400. The second-order valence-corrected chi connectivity index (χ2v) is 3.99. The van der Waals surface area contributed by atoms with Gasteiger partial charge in [-0.1, -0.05) is 6.92 Å². The van der Waals surface area contributed by atoms with E-state index in [4.69, 9.17) is 0 Å². The fourth-order valence-electron chi connectivity index (χ4n) is 1.70. The van der Waals surface area contributed by atoms with Gasteiger partial charge in [-0.05, 0) is 13.3 Å². The Morgan fingerprint density at radius 3 is 2.60 bits per heavy atom. The van der Waals surface area contributed by atoms with Crippen molar-refractivity contribution < 1.29 is 18.0 Å². The van der Waals surface area contributed by atoms with Crippen LogP contribution in [0.2, 0.25) is 0 Å². The van der Waals surface area contributed by atoms with E-state index in [1.807, 2.05) is 0 Å². The van der Waals surface area contributed by atoms with E-state index < -0.39 is 23.6 Å². The zero-order chi connectivity index (χ0) is 15.1. The summed E-state index contributed by atoms with van der Waals surface area (Å²) in [6.07, 6.45) is -4.62. The molecule has 7 nitrogen and oxygen atoms in total. The quantitative estimate of drug-likeness (QED) is 0.855. The maximum Gasteiger partial charge on any atom is 0.471 e. The standard InChI is InChI=1S/C10H10F3N5O2/c1-3-5-4(2)14-9-16-8(17-18(9)6(5)19)15-7(20)10(11,12)13/h3H2,1-2H3,(H2,14,15,16,17,20). The van der Waals surface area contributed by atoms with E-state index in [1.165, 1.54) is 5.32 Å². The number of aromatic amines is 1. The number of aromatic nitrogens is 4. The third-order valence-corrected chi connectivity index (χ3v) is 2.64. The molecule has 2 aromatic rings. The van der Waals surface area contributed by atoms with Crippen LogP contribution in [0.5, 0.6) is 0 Å². The number of rotatable bonds is 2.